The van der Waals surface area contributed by atoms with Gasteiger partial charge >= 0.3 is 6.18 Å². The first-order chi connectivity index (χ1) is 13.2. The molecule has 0 unspecified atom stereocenters. The third-order valence-corrected chi connectivity index (χ3v) is 5.93. The van der Waals surface area contributed by atoms with Crippen LogP contribution in [0.2, 0.25) is 0 Å². The molecule has 0 aliphatic heterocycles. The van der Waals surface area contributed by atoms with E-state index in [4.69, 9.17) is 0 Å². The van der Waals surface area contributed by atoms with E-state index in [1.54, 1.807) is 23.9 Å². The summed E-state index contributed by atoms with van der Waals surface area (Å²) in [6.45, 7) is 0. The van der Waals surface area contributed by atoms with Crippen molar-refractivity contribution < 1.29 is 22.4 Å². The van der Waals surface area contributed by atoms with Crippen molar-refractivity contribution in [3.8, 4) is 11.3 Å². The predicted molar refractivity (Wildman–Crippen MR) is 96.1 cm³/mol. The molecule has 1 amide bonds. The summed E-state index contributed by atoms with van der Waals surface area (Å²) in [6, 6.07) is 6.08. The lowest BCUT2D eigenvalue weighted by Gasteiger charge is -2.35. The molecule has 1 aromatic carbocycles. The number of nitrogens with one attached hydrogen (secondary N) is 1. The number of aromatic nitrogens is 2. The van der Waals surface area contributed by atoms with Crippen LogP contribution in [0, 0.1) is 17.7 Å². The van der Waals surface area contributed by atoms with Gasteiger partial charge in [-0.05, 0) is 55.9 Å². The van der Waals surface area contributed by atoms with Crippen molar-refractivity contribution in [2.45, 2.75) is 44.2 Å². The van der Waals surface area contributed by atoms with Gasteiger partial charge < -0.3 is 5.32 Å². The Kier molecular flexibility index (Phi) is 4.67. The van der Waals surface area contributed by atoms with Crippen molar-refractivity contribution in [3.63, 3.8) is 0 Å². The first-order valence-electron chi connectivity index (χ1n) is 9.44. The number of rotatable bonds is 4. The minimum atomic E-state index is -4.24. The summed E-state index contributed by atoms with van der Waals surface area (Å²) in [4.78, 5) is 12.5. The van der Waals surface area contributed by atoms with Gasteiger partial charge in [0, 0.05) is 24.1 Å². The number of anilines is 1. The molecule has 0 radical (unpaired) electrons. The number of benzene rings is 1. The Morgan fingerprint density at radius 1 is 1.18 bits per heavy atom. The third kappa shape index (κ3) is 3.40. The summed E-state index contributed by atoms with van der Waals surface area (Å²) >= 11 is 0. The third-order valence-electron chi connectivity index (χ3n) is 5.93. The molecule has 28 heavy (non-hydrogen) atoms. The molecule has 2 aromatic rings. The van der Waals surface area contributed by atoms with Gasteiger partial charge in [-0.3, -0.25) is 9.48 Å². The Hall–Kier alpha value is -2.38. The second-order valence-corrected chi connectivity index (χ2v) is 7.77. The molecule has 1 N–H and O–H groups in total. The van der Waals surface area contributed by atoms with Gasteiger partial charge in [0.05, 0.1) is 11.6 Å². The van der Waals surface area contributed by atoms with Gasteiger partial charge in [-0.15, -0.1) is 0 Å². The molecule has 0 bridgehead atoms. The fourth-order valence-electron chi connectivity index (χ4n) is 3.98. The molecule has 8 heteroatoms. The maximum atomic E-state index is 13.3. The minimum absolute atomic E-state index is 0.175. The molecule has 1 heterocycles. The molecule has 0 atom stereocenters. The number of alkyl halides is 3. The normalized spacial score (nSPS) is 22.5. The Morgan fingerprint density at radius 3 is 2.36 bits per heavy atom. The lowest BCUT2D eigenvalue weighted by molar-refractivity contribution is -0.203. The van der Waals surface area contributed by atoms with Crippen LogP contribution in [0.5, 0.6) is 0 Å². The van der Waals surface area contributed by atoms with Crippen molar-refractivity contribution in [3.05, 3.63) is 35.6 Å². The summed E-state index contributed by atoms with van der Waals surface area (Å²) in [5.41, 5.74) is 2.49. The second-order valence-electron chi connectivity index (χ2n) is 7.77. The van der Waals surface area contributed by atoms with E-state index in [9.17, 15) is 22.4 Å². The van der Waals surface area contributed by atoms with E-state index >= 15 is 0 Å². The molecule has 2 saturated carbocycles. The monoisotopic (exact) mass is 395 g/mol. The summed E-state index contributed by atoms with van der Waals surface area (Å²) in [5, 5.41) is 7.19. The first-order valence-corrected chi connectivity index (χ1v) is 9.44. The van der Waals surface area contributed by atoms with Crippen molar-refractivity contribution in [1.29, 1.82) is 0 Å². The topological polar surface area (TPSA) is 46.9 Å². The summed E-state index contributed by atoms with van der Waals surface area (Å²) in [6.07, 6.45) is -1.59. The molecule has 2 fully saturated rings. The lowest BCUT2D eigenvalue weighted by atomic mass is 9.74. The molecule has 1 aromatic heterocycles. The fraction of sp³-hybridized carbons (Fsp3) is 0.500. The van der Waals surface area contributed by atoms with Crippen LogP contribution in [0.1, 0.15) is 43.6 Å². The van der Waals surface area contributed by atoms with E-state index in [1.807, 2.05) is 0 Å². The molecule has 2 aliphatic rings. The number of hydrogen-bond acceptors (Lipinski definition) is 2. The van der Waals surface area contributed by atoms with E-state index < -0.39 is 23.9 Å². The zero-order chi connectivity index (χ0) is 20.1. The average molecular weight is 395 g/mol. The molecule has 2 aliphatic carbocycles. The number of halogens is 4. The highest BCUT2D eigenvalue weighted by molar-refractivity contribution is 5.94. The number of carbonyl (C=O) groups is 1. The molecule has 150 valence electrons. The quantitative estimate of drug-likeness (QED) is 0.739. The highest BCUT2D eigenvalue weighted by Gasteiger charge is 2.50. The highest BCUT2D eigenvalue weighted by atomic mass is 19.4. The van der Waals surface area contributed by atoms with Gasteiger partial charge in [0.1, 0.15) is 5.82 Å². The van der Waals surface area contributed by atoms with Crippen LogP contribution in [-0.2, 0) is 11.8 Å². The zero-order valence-electron chi connectivity index (χ0n) is 15.4. The molecule has 0 spiro atoms. The van der Waals surface area contributed by atoms with Gasteiger partial charge in [-0.1, -0.05) is 6.42 Å². The number of aryl methyl sites for hydroxylation is 1. The van der Waals surface area contributed by atoms with E-state index in [-0.39, 0.29) is 24.6 Å². The predicted octanol–water partition coefficient (Wildman–Crippen LogP) is 5.02. The Labute approximate surface area is 159 Å². The second kappa shape index (κ2) is 6.90. The van der Waals surface area contributed by atoms with Crippen LogP contribution < -0.4 is 5.32 Å². The van der Waals surface area contributed by atoms with Crippen LogP contribution >= 0.6 is 0 Å². The first kappa shape index (κ1) is 19.0. The standard InChI is InChI=1S/C20H21F4N3O/c1-27-17(12-5-7-15(21)8-6-12)16(11-3-2-4-11)18(26-27)25-19(28)13-9-14(10-13)20(22,23)24/h5-8,11,13-14H,2-4,9-10H2,1H3,(H,25,26,28). The minimum Gasteiger partial charge on any atom is -0.309 e. The fourth-order valence-corrected chi connectivity index (χ4v) is 3.98. The summed E-state index contributed by atoms with van der Waals surface area (Å²) in [5.74, 6) is -2.15. The van der Waals surface area contributed by atoms with Crippen molar-refractivity contribution in [1.82, 2.24) is 9.78 Å². The van der Waals surface area contributed by atoms with Crippen molar-refractivity contribution >= 4 is 11.7 Å². The van der Waals surface area contributed by atoms with Crippen LogP contribution in [0.4, 0.5) is 23.4 Å². The van der Waals surface area contributed by atoms with Crippen molar-refractivity contribution in [2.24, 2.45) is 18.9 Å². The van der Waals surface area contributed by atoms with Gasteiger partial charge in [0.2, 0.25) is 5.91 Å². The molecule has 4 nitrogen and oxygen atoms in total. The van der Waals surface area contributed by atoms with Crippen LogP contribution in [0.25, 0.3) is 11.3 Å². The SMILES string of the molecule is Cn1nc(NC(=O)C2CC(C(F)(F)F)C2)c(C2CCC2)c1-c1ccc(F)cc1. The molecular weight excluding hydrogens is 374 g/mol. The Bertz CT molecular complexity index is 878. The maximum Gasteiger partial charge on any atom is 0.391 e. The Balaban J connectivity index is 1.58. The summed E-state index contributed by atoms with van der Waals surface area (Å²) in [7, 11) is 1.75. The highest BCUT2D eigenvalue weighted by Crippen LogP contribution is 2.47. The smallest absolute Gasteiger partial charge is 0.309 e. The van der Waals surface area contributed by atoms with Gasteiger partial charge in [0.15, 0.2) is 5.82 Å². The zero-order valence-corrected chi connectivity index (χ0v) is 15.4. The average Bonchev–Trinajstić information content (AvgIpc) is 2.80. The number of nitrogens with zero attached hydrogens (tertiary/aromatic N) is 2. The molecular formula is C20H21F4N3O. The van der Waals surface area contributed by atoms with E-state index in [1.165, 1.54) is 12.1 Å². The van der Waals surface area contributed by atoms with Gasteiger partial charge in [-0.25, -0.2) is 4.39 Å². The number of amides is 1. The Morgan fingerprint density at radius 2 is 1.82 bits per heavy atom. The summed E-state index contributed by atoms with van der Waals surface area (Å²) < 4.78 is 53.0. The van der Waals surface area contributed by atoms with E-state index in [0.29, 0.717) is 5.82 Å². The maximum absolute atomic E-state index is 13.3. The van der Waals surface area contributed by atoms with Crippen LogP contribution in [-0.4, -0.2) is 21.9 Å². The van der Waals surface area contributed by atoms with Crippen LogP contribution in [0.15, 0.2) is 24.3 Å². The number of hydrogen-bond donors (Lipinski definition) is 1. The largest absolute Gasteiger partial charge is 0.391 e. The lowest BCUT2D eigenvalue weighted by Crippen LogP contribution is -2.41. The van der Waals surface area contributed by atoms with Crippen molar-refractivity contribution in [2.75, 3.05) is 5.32 Å². The number of carbonyl (C=O) groups excluding carboxylic acids is 1. The molecule has 0 saturated heterocycles. The van der Waals surface area contributed by atoms with E-state index in [2.05, 4.69) is 10.4 Å². The van der Waals surface area contributed by atoms with Crippen LogP contribution in [0.3, 0.4) is 0 Å². The van der Waals surface area contributed by atoms with Gasteiger partial charge in [-0.2, -0.15) is 18.3 Å². The van der Waals surface area contributed by atoms with E-state index in [0.717, 1.165) is 36.1 Å². The van der Waals surface area contributed by atoms with Gasteiger partial charge in [0.25, 0.3) is 0 Å². The molecule has 4 rings (SSSR count).